The van der Waals surface area contributed by atoms with Crippen molar-refractivity contribution >= 4 is 30.5 Å². The quantitative estimate of drug-likeness (QED) is 0.644. The second-order valence-electron chi connectivity index (χ2n) is 6.28. The highest BCUT2D eigenvalue weighted by atomic mass is 35.5. The van der Waals surface area contributed by atoms with Crippen molar-refractivity contribution in [2.45, 2.75) is 32.2 Å². The molecule has 1 heterocycles. The molecule has 1 aliphatic carbocycles. The van der Waals surface area contributed by atoms with Gasteiger partial charge in [-0.05, 0) is 24.8 Å². The number of aryl methyl sites for hydroxylation is 1. The Labute approximate surface area is 149 Å². The molecule has 130 valence electrons. The zero-order chi connectivity index (χ0) is 14.8. The molecular formula is C16H25Cl2N3O2. The van der Waals surface area contributed by atoms with Gasteiger partial charge in [0.05, 0.1) is 4.92 Å². The number of nitrogens with zero attached hydrogens (tertiary/aromatic N) is 2. The summed E-state index contributed by atoms with van der Waals surface area (Å²) in [5.74, 6) is 0.810. The number of rotatable bonds is 5. The first-order valence-corrected chi connectivity index (χ1v) is 7.85. The average Bonchev–Trinajstić information content (AvgIpc) is 3.30. The Kier molecular flexibility index (Phi) is 7.74. The summed E-state index contributed by atoms with van der Waals surface area (Å²) in [5, 5.41) is 14.6. The minimum Gasteiger partial charge on any atom is -0.314 e. The summed E-state index contributed by atoms with van der Waals surface area (Å²) in [7, 11) is 0. The summed E-state index contributed by atoms with van der Waals surface area (Å²) < 4.78 is 0. The van der Waals surface area contributed by atoms with E-state index < -0.39 is 0 Å². The monoisotopic (exact) mass is 361 g/mol. The lowest BCUT2D eigenvalue weighted by Crippen LogP contribution is -2.45. The first-order valence-electron chi connectivity index (χ1n) is 7.85. The topological polar surface area (TPSA) is 58.4 Å². The van der Waals surface area contributed by atoms with E-state index in [0.717, 1.165) is 49.6 Å². The molecule has 2 aliphatic rings. The molecule has 0 amide bonds. The Morgan fingerprint density at radius 3 is 2.52 bits per heavy atom. The summed E-state index contributed by atoms with van der Waals surface area (Å²) in [5.41, 5.74) is 2.11. The minimum absolute atomic E-state index is 0. The molecule has 0 unspecified atom stereocenters. The highest BCUT2D eigenvalue weighted by Crippen LogP contribution is 2.41. The van der Waals surface area contributed by atoms with Crippen molar-refractivity contribution in [1.82, 2.24) is 10.2 Å². The Hall–Kier alpha value is -0.880. The first kappa shape index (κ1) is 20.2. The van der Waals surface area contributed by atoms with Gasteiger partial charge in [-0.3, -0.25) is 15.0 Å². The molecule has 1 N–H and O–H groups in total. The molecular weight excluding hydrogens is 337 g/mol. The normalized spacial score (nSPS) is 19.3. The molecule has 1 aromatic carbocycles. The fourth-order valence-electron chi connectivity index (χ4n) is 3.19. The third-order valence-corrected chi connectivity index (χ3v) is 4.66. The van der Waals surface area contributed by atoms with Crippen molar-refractivity contribution in [2.24, 2.45) is 5.92 Å². The van der Waals surface area contributed by atoms with Gasteiger partial charge in [0.25, 0.3) is 5.69 Å². The van der Waals surface area contributed by atoms with Crippen LogP contribution in [0.15, 0.2) is 18.2 Å². The molecule has 23 heavy (non-hydrogen) atoms. The van der Waals surface area contributed by atoms with E-state index in [2.05, 4.69) is 16.3 Å². The second kappa shape index (κ2) is 8.83. The smallest absolute Gasteiger partial charge is 0.272 e. The summed E-state index contributed by atoms with van der Waals surface area (Å²) in [6, 6.07) is 6.11. The van der Waals surface area contributed by atoms with Crippen LogP contribution in [0.5, 0.6) is 0 Å². The van der Waals surface area contributed by atoms with Crippen LogP contribution in [0.2, 0.25) is 0 Å². The lowest BCUT2D eigenvalue weighted by molar-refractivity contribution is -0.385. The van der Waals surface area contributed by atoms with Crippen molar-refractivity contribution < 1.29 is 4.92 Å². The predicted molar refractivity (Wildman–Crippen MR) is 96.9 cm³/mol. The van der Waals surface area contributed by atoms with E-state index >= 15 is 0 Å². The van der Waals surface area contributed by atoms with E-state index in [-0.39, 0.29) is 35.4 Å². The molecule has 2 fully saturated rings. The molecule has 0 aromatic heterocycles. The number of halogens is 2. The van der Waals surface area contributed by atoms with Crippen LogP contribution in [-0.2, 0) is 0 Å². The van der Waals surface area contributed by atoms with Gasteiger partial charge < -0.3 is 5.32 Å². The van der Waals surface area contributed by atoms with Crippen LogP contribution in [-0.4, -0.2) is 36.0 Å². The fourth-order valence-corrected chi connectivity index (χ4v) is 3.19. The van der Waals surface area contributed by atoms with Gasteiger partial charge in [0, 0.05) is 43.9 Å². The lowest BCUT2D eigenvalue weighted by atomic mass is 9.97. The van der Waals surface area contributed by atoms with Crippen LogP contribution >= 0.6 is 24.8 Å². The third kappa shape index (κ3) is 5.05. The Balaban J connectivity index is 0.00000132. The number of hydrogen-bond donors (Lipinski definition) is 1. The van der Waals surface area contributed by atoms with Crippen molar-refractivity contribution in [3.63, 3.8) is 0 Å². The molecule has 1 aliphatic heterocycles. The average molecular weight is 362 g/mol. The molecule has 7 heteroatoms. The maximum absolute atomic E-state index is 11.2. The van der Waals surface area contributed by atoms with E-state index in [1.54, 1.807) is 6.07 Å². The van der Waals surface area contributed by atoms with Crippen LogP contribution in [0.4, 0.5) is 5.69 Å². The number of nitro benzene ring substituents is 1. The minimum atomic E-state index is -0.259. The molecule has 1 atom stereocenters. The van der Waals surface area contributed by atoms with Crippen LogP contribution in [0.3, 0.4) is 0 Å². The highest BCUT2D eigenvalue weighted by molar-refractivity contribution is 5.85. The van der Waals surface area contributed by atoms with Gasteiger partial charge in [0.15, 0.2) is 0 Å². The number of benzene rings is 1. The molecule has 1 saturated heterocycles. The van der Waals surface area contributed by atoms with E-state index in [4.69, 9.17) is 0 Å². The van der Waals surface area contributed by atoms with Crippen molar-refractivity contribution in [3.8, 4) is 0 Å². The van der Waals surface area contributed by atoms with E-state index in [1.807, 2.05) is 13.0 Å². The van der Waals surface area contributed by atoms with Crippen LogP contribution < -0.4 is 5.32 Å². The van der Waals surface area contributed by atoms with E-state index in [1.165, 1.54) is 12.8 Å². The highest BCUT2D eigenvalue weighted by Gasteiger charge is 2.31. The molecule has 1 aromatic rings. The second-order valence-corrected chi connectivity index (χ2v) is 6.28. The zero-order valence-electron chi connectivity index (χ0n) is 13.4. The number of hydrogen-bond acceptors (Lipinski definition) is 4. The molecule has 1 saturated carbocycles. The van der Waals surface area contributed by atoms with Gasteiger partial charge in [0.2, 0.25) is 0 Å². The number of piperazine rings is 1. The van der Waals surface area contributed by atoms with Crippen molar-refractivity contribution in [1.29, 1.82) is 0 Å². The fraction of sp³-hybridized carbons (Fsp3) is 0.625. The summed E-state index contributed by atoms with van der Waals surface area (Å²) in [6.45, 7) is 5.88. The number of nitrogens with one attached hydrogen (secondary N) is 1. The van der Waals surface area contributed by atoms with Gasteiger partial charge in [-0.2, -0.15) is 0 Å². The maximum Gasteiger partial charge on any atom is 0.272 e. The number of nitro groups is 1. The standard InChI is InChI=1S/C16H23N3O2.2ClH/c1-12-2-5-14(11-15(12)19(20)21)16(10-13-3-4-13)18-8-6-17-7-9-18;;/h2,5,11,13,16-17H,3-4,6-10H2,1H3;2*1H/t16-;;/m0../s1. The van der Waals surface area contributed by atoms with Gasteiger partial charge in [-0.15, -0.1) is 24.8 Å². The summed E-state index contributed by atoms with van der Waals surface area (Å²) in [6.07, 6.45) is 3.77. The van der Waals surface area contributed by atoms with Crippen LogP contribution in [0.1, 0.15) is 36.4 Å². The molecule has 0 spiro atoms. The van der Waals surface area contributed by atoms with Gasteiger partial charge in [0.1, 0.15) is 0 Å². The SMILES string of the molecule is Cc1ccc([C@H](CC2CC2)N2CCNCC2)cc1[N+](=O)[O-].Cl.Cl. The van der Waals surface area contributed by atoms with E-state index in [9.17, 15) is 10.1 Å². The van der Waals surface area contributed by atoms with Crippen molar-refractivity contribution in [2.75, 3.05) is 26.2 Å². The van der Waals surface area contributed by atoms with Crippen LogP contribution in [0, 0.1) is 23.0 Å². The molecule has 0 radical (unpaired) electrons. The Bertz CT molecular complexity index is 532. The summed E-state index contributed by atoms with van der Waals surface area (Å²) >= 11 is 0. The Morgan fingerprint density at radius 1 is 1.30 bits per heavy atom. The zero-order valence-corrected chi connectivity index (χ0v) is 15.0. The van der Waals surface area contributed by atoms with E-state index in [0.29, 0.717) is 6.04 Å². The summed E-state index contributed by atoms with van der Waals surface area (Å²) in [4.78, 5) is 13.4. The van der Waals surface area contributed by atoms with Gasteiger partial charge in [-0.1, -0.05) is 25.0 Å². The van der Waals surface area contributed by atoms with Crippen LogP contribution in [0.25, 0.3) is 0 Å². The lowest BCUT2D eigenvalue weighted by Gasteiger charge is -2.35. The van der Waals surface area contributed by atoms with Crippen molar-refractivity contribution in [3.05, 3.63) is 39.4 Å². The largest absolute Gasteiger partial charge is 0.314 e. The maximum atomic E-state index is 11.2. The molecule has 0 bridgehead atoms. The molecule has 3 rings (SSSR count). The first-order chi connectivity index (χ1) is 10.1. The van der Waals surface area contributed by atoms with Gasteiger partial charge in [-0.25, -0.2) is 0 Å². The van der Waals surface area contributed by atoms with Gasteiger partial charge >= 0.3 is 0 Å². The third-order valence-electron chi connectivity index (χ3n) is 4.66. The Morgan fingerprint density at radius 2 is 1.96 bits per heavy atom. The molecule has 5 nitrogen and oxygen atoms in total. The predicted octanol–water partition coefficient (Wildman–Crippen LogP) is 3.49.